The van der Waals surface area contributed by atoms with E-state index in [4.69, 9.17) is 17.3 Å². The summed E-state index contributed by atoms with van der Waals surface area (Å²) in [5.41, 5.74) is 8.05. The van der Waals surface area contributed by atoms with Gasteiger partial charge in [-0.1, -0.05) is 0 Å². The fourth-order valence-corrected chi connectivity index (χ4v) is 3.18. The molecule has 1 radical (unpaired) electrons. The van der Waals surface area contributed by atoms with Gasteiger partial charge in [-0.25, -0.2) is 0 Å². The summed E-state index contributed by atoms with van der Waals surface area (Å²) in [7, 11) is 0. The van der Waals surface area contributed by atoms with Crippen LogP contribution >= 0.6 is 11.6 Å². The van der Waals surface area contributed by atoms with E-state index >= 15 is 0 Å². The Labute approximate surface area is 100 Å². The molecule has 0 spiro atoms. The van der Waals surface area contributed by atoms with Crippen LogP contribution in [0.15, 0.2) is 28.9 Å². The Kier molecular flexibility index (Phi) is 3.27. The quantitative estimate of drug-likeness (QED) is 0.806. The van der Waals surface area contributed by atoms with E-state index in [1.165, 1.54) is 10.0 Å². The van der Waals surface area contributed by atoms with Crippen LogP contribution in [0.5, 0.6) is 0 Å². The van der Waals surface area contributed by atoms with Crippen LogP contribution in [0.4, 0.5) is 0 Å². The van der Waals surface area contributed by atoms with E-state index in [1.54, 1.807) is 0 Å². The molecule has 1 aromatic rings. The predicted octanol–water partition coefficient (Wildman–Crippen LogP) is 1.39. The van der Waals surface area contributed by atoms with Crippen molar-refractivity contribution in [2.24, 2.45) is 5.73 Å². The van der Waals surface area contributed by atoms with Gasteiger partial charge in [-0.2, -0.15) is 0 Å². The normalized spacial score (nSPS) is 14.6. The van der Waals surface area contributed by atoms with Crippen molar-refractivity contribution in [1.82, 2.24) is 5.32 Å². The number of benzene rings is 1. The Morgan fingerprint density at radius 3 is 2.87 bits per heavy atom. The fourth-order valence-electron chi connectivity index (χ4n) is 1.39. The monoisotopic (exact) mass is 287 g/mol. The average molecular weight is 287 g/mol. The molecule has 15 heavy (non-hydrogen) atoms. The molecule has 0 saturated heterocycles. The molecule has 2 rings (SSSR count). The van der Waals surface area contributed by atoms with Crippen molar-refractivity contribution in [2.45, 2.75) is 13.3 Å². The first kappa shape index (κ1) is 10.9. The Hall–Kier alpha value is -0.601. The van der Waals surface area contributed by atoms with Crippen LogP contribution in [0.25, 0.3) is 0 Å². The molecule has 0 atom stereocenters. The molecule has 1 heterocycles. The first-order valence-corrected chi connectivity index (χ1v) is 6.75. The summed E-state index contributed by atoms with van der Waals surface area (Å²) in [5, 5.41) is 3.88. The summed E-state index contributed by atoms with van der Waals surface area (Å²) < 4.78 is 2.25. The van der Waals surface area contributed by atoms with E-state index in [2.05, 4.69) is 17.4 Å². The number of nitrogens with one attached hydrogen (secondary N) is 1. The standard InChI is InChI=1S/C11H12ClN2Se/c1-7-2-3-8(5-10(7)12)4-9-6-14-11(13)15-9/h2-3,5-6,14H,4,13H2,1H3. The summed E-state index contributed by atoms with van der Waals surface area (Å²) >= 11 is 6.36. The van der Waals surface area contributed by atoms with Crippen LogP contribution < -0.4 is 11.1 Å². The van der Waals surface area contributed by atoms with Crippen molar-refractivity contribution in [3.63, 3.8) is 0 Å². The first-order chi connectivity index (χ1) is 7.15. The van der Waals surface area contributed by atoms with E-state index in [0.29, 0.717) is 0 Å². The van der Waals surface area contributed by atoms with Crippen molar-refractivity contribution < 1.29 is 0 Å². The van der Waals surface area contributed by atoms with Crippen molar-refractivity contribution in [2.75, 3.05) is 0 Å². The van der Waals surface area contributed by atoms with E-state index in [1.807, 2.05) is 19.2 Å². The number of nitrogens with two attached hydrogens (primary N) is 1. The molecule has 1 aromatic carbocycles. The molecule has 0 amide bonds. The minimum absolute atomic E-state index is 0.289. The van der Waals surface area contributed by atoms with Crippen molar-refractivity contribution >= 4 is 30.8 Å². The molecule has 0 aromatic heterocycles. The van der Waals surface area contributed by atoms with Crippen molar-refractivity contribution in [3.05, 3.63) is 45.0 Å². The van der Waals surface area contributed by atoms with Gasteiger partial charge in [0.25, 0.3) is 0 Å². The number of rotatable bonds is 2. The summed E-state index contributed by atoms with van der Waals surface area (Å²) in [6.45, 7) is 2.01. The zero-order chi connectivity index (χ0) is 10.8. The molecular weight excluding hydrogens is 275 g/mol. The van der Waals surface area contributed by atoms with Gasteiger partial charge in [0.05, 0.1) is 0 Å². The predicted molar refractivity (Wildman–Crippen MR) is 66.1 cm³/mol. The third kappa shape index (κ3) is 2.70. The Bertz CT molecular complexity index is 452. The molecular formula is C11H12ClN2Se. The van der Waals surface area contributed by atoms with Crippen LogP contribution in [0.1, 0.15) is 11.1 Å². The molecule has 0 aliphatic carbocycles. The van der Waals surface area contributed by atoms with Crippen LogP contribution in [-0.2, 0) is 6.42 Å². The van der Waals surface area contributed by atoms with Crippen LogP contribution in [0.3, 0.4) is 0 Å². The maximum atomic E-state index is 6.07. The molecule has 0 saturated carbocycles. The van der Waals surface area contributed by atoms with Crippen LogP contribution in [0, 0.1) is 6.92 Å². The Balaban J connectivity index is 2.15. The van der Waals surface area contributed by atoms with Crippen LogP contribution in [-0.4, -0.2) is 19.2 Å². The van der Waals surface area contributed by atoms with Gasteiger partial charge in [-0.05, 0) is 0 Å². The van der Waals surface area contributed by atoms with Gasteiger partial charge in [0.1, 0.15) is 0 Å². The van der Waals surface area contributed by atoms with Gasteiger partial charge in [0.15, 0.2) is 0 Å². The third-order valence-corrected chi connectivity index (χ3v) is 4.45. The molecule has 1 aliphatic heterocycles. The molecule has 4 heteroatoms. The number of allylic oxidation sites excluding steroid dienone is 1. The average Bonchev–Trinajstić information content (AvgIpc) is 2.58. The number of hydrogen-bond donors (Lipinski definition) is 2. The zero-order valence-corrected chi connectivity index (χ0v) is 10.8. The Morgan fingerprint density at radius 1 is 1.47 bits per heavy atom. The molecule has 2 nitrogen and oxygen atoms in total. The third-order valence-electron chi connectivity index (χ3n) is 2.23. The number of halogens is 1. The topological polar surface area (TPSA) is 38.0 Å². The molecule has 1 aliphatic rings. The van der Waals surface area contributed by atoms with Gasteiger partial charge >= 0.3 is 100 Å². The molecule has 79 valence electrons. The maximum absolute atomic E-state index is 6.07. The second-order valence-corrected chi connectivity index (χ2v) is 6.34. The molecule has 0 unspecified atom stereocenters. The molecule has 3 N–H and O–H groups in total. The minimum atomic E-state index is 0.289. The SMILES string of the molecule is Cc1ccc(CC2=CNC(N)=[Se]2)cc1Cl. The number of aryl methyl sites for hydroxylation is 1. The molecule has 0 bridgehead atoms. The number of hydrogen-bond acceptors (Lipinski definition) is 2. The van der Waals surface area contributed by atoms with Gasteiger partial charge in [-0.15, -0.1) is 0 Å². The first-order valence-electron chi connectivity index (χ1n) is 4.66. The summed E-state index contributed by atoms with van der Waals surface area (Å²) in [5.74, 6) is 0. The summed E-state index contributed by atoms with van der Waals surface area (Å²) in [4.78, 5) is 0. The van der Waals surface area contributed by atoms with Crippen LogP contribution in [0.2, 0.25) is 5.02 Å². The van der Waals surface area contributed by atoms with Crippen molar-refractivity contribution in [1.29, 1.82) is 0 Å². The van der Waals surface area contributed by atoms with E-state index in [-0.39, 0.29) is 14.5 Å². The van der Waals surface area contributed by atoms with Gasteiger partial charge in [0, 0.05) is 0 Å². The zero-order valence-electron chi connectivity index (χ0n) is 8.38. The fraction of sp³-hybridized carbons (Fsp3) is 0.182. The molecule has 0 fully saturated rings. The Morgan fingerprint density at radius 2 is 2.27 bits per heavy atom. The van der Waals surface area contributed by atoms with Crippen molar-refractivity contribution in [3.8, 4) is 0 Å². The van der Waals surface area contributed by atoms with E-state index in [9.17, 15) is 0 Å². The summed E-state index contributed by atoms with van der Waals surface area (Å²) in [6.07, 6.45) is 2.94. The van der Waals surface area contributed by atoms with Gasteiger partial charge < -0.3 is 0 Å². The second kappa shape index (κ2) is 4.50. The van der Waals surface area contributed by atoms with E-state index in [0.717, 1.165) is 21.7 Å². The second-order valence-electron chi connectivity index (χ2n) is 3.48. The van der Waals surface area contributed by atoms with Gasteiger partial charge in [-0.3, -0.25) is 0 Å². The van der Waals surface area contributed by atoms with Gasteiger partial charge in [0.2, 0.25) is 0 Å². The van der Waals surface area contributed by atoms with E-state index < -0.39 is 0 Å². The summed E-state index contributed by atoms with van der Waals surface area (Å²) in [6, 6.07) is 6.20.